The zero-order chi connectivity index (χ0) is 15.5. The minimum Gasteiger partial charge on any atom is -0.370 e. The fourth-order valence-corrected chi connectivity index (χ4v) is 2.66. The summed E-state index contributed by atoms with van der Waals surface area (Å²) in [4.78, 5) is 9.99. The van der Waals surface area contributed by atoms with E-state index in [9.17, 15) is 13.2 Å². The largest absolute Gasteiger partial charge is 0.401 e. The Morgan fingerprint density at radius 3 is 2.48 bits per heavy atom. The third kappa shape index (κ3) is 5.49. The van der Waals surface area contributed by atoms with Gasteiger partial charge >= 0.3 is 6.18 Å². The van der Waals surface area contributed by atoms with Crippen LogP contribution < -0.4 is 5.32 Å². The number of alkyl halides is 3. The fraction of sp³-hybridized carbons (Fsp3) is 0.714. The van der Waals surface area contributed by atoms with E-state index in [1.165, 1.54) is 4.90 Å². The third-order valence-corrected chi connectivity index (χ3v) is 3.65. The van der Waals surface area contributed by atoms with Gasteiger partial charge in [-0.05, 0) is 45.7 Å². The number of likely N-dealkylation sites (tertiary alicyclic amines) is 1. The minimum absolute atomic E-state index is 0.394. The normalized spacial score (nSPS) is 18.0. The van der Waals surface area contributed by atoms with Crippen molar-refractivity contribution in [3.63, 3.8) is 0 Å². The van der Waals surface area contributed by atoms with E-state index >= 15 is 0 Å². The molecule has 0 saturated carbocycles. The van der Waals surface area contributed by atoms with E-state index in [0.29, 0.717) is 19.0 Å². The van der Waals surface area contributed by atoms with E-state index in [0.717, 1.165) is 36.7 Å². The second-order valence-electron chi connectivity index (χ2n) is 5.66. The molecule has 1 aromatic heterocycles. The van der Waals surface area contributed by atoms with Crippen LogP contribution >= 0.6 is 0 Å². The van der Waals surface area contributed by atoms with E-state index in [-0.39, 0.29) is 0 Å². The molecule has 1 aromatic rings. The zero-order valence-electron chi connectivity index (χ0n) is 12.4. The summed E-state index contributed by atoms with van der Waals surface area (Å²) in [6.07, 6.45) is -2.53. The van der Waals surface area contributed by atoms with Crippen LogP contribution in [0.2, 0.25) is 0 Å². The van der Waals surface area contributed by atoms with E-state index in [2.05, 4.69) is 15.3 Å². The zero-order valence-corrected chi connectivity index (χ0v) is 12.4. The number of nitrogens with zero attached hydrogens (tertiary/aromatic N) is 3. The molecule has 0 radical (unpaired) electrons. The van der Waals surface area contributed by atoms with Crippen molar-refractivity contribution in [1.82, 2.24) is 14.9 Å². The highest BCUT2D eigenvalue weighted by atomic mass is 19.4. The van der Waals surface area contributed by atoms with Gasteiger partial charge in [0.15, 0.2) is 0 Å². The standard InChI is InChI=1S/C14H21F3N4/c1-10-7-13(20-11(2)19-10)18-8-12-3-5-21(6-4-12)9-14(15,16)17/h7,12H,3-6,8-9H2,1-2H3,(H,18,19,20). The van der Waals surface area contributed by atoms with Crippen LogP contribution in [0.5, 0.6) is 0 Å². The molecule has 1 aliphatic heterocycles. The van der Waals surface area contributed by atoms with E-state index < -0.39 is 12.7 Å². The summed E-state index contributed by atoms with van der Waals surface area (Å²) in [5.41, 5.74) is 0.907. The van der Waals surface area contributed by atoms with Gasteiger partial charge in [-0.3, -0.25) is 4.90 Å². The Morgan fingerprint density at radius 2 is 1.90 bits per heavy atom. The lowest BCUT2D eigenvalue weighted by atomic mass is 9.97. The van der Waals surface area contributed by atoms with E-state index in [1.807, 2.05) is 19.9 Å². The molecular formula is C14H21F3N4. The molecule has 0 aliphatic carbocycles. The third-order valence-electron chi connectivity index (χ3n) is 3.65. The average Bonchev–Trinajstić information content (AvgIpc) is 2.35. The van der Waals surface area contributed by atoms with Crippen LogP contribution in [-0.4, -0.2) is 47.2 Å². The average molecular weight is 302 g/mol. The van der Waals surface area contributed by atoms with Gasteiger partial charge < -0.3 is 5.32 Å². The lowest BCUT2D eigenvalue weighted by Gasteiger charge is -2.32. The number of hydrogen-bond donors (Lipinski definition) is 1. The first-order chi connectivity index (χ1) is 9.82. The molecular weight excluding hydrogens is 281 g/mol. The number of halogens is 3. The first kappa shape index (κ1) is 16.0. The Morgan fingerprint density at radius 1 is 1.24 bits per heavy atom. The molecule has 0 amide bonds. The van der Waals surface area contributed by atoms with Crippen molar-refractivity contribution in [3.05, 3.63) is 17.6 Å². The summed E-state index contributed by atoms with van der Waals surface area (Å²) >= 11 is 0. The smallest absolute Gasteiger partial charge is 0.370 e. The Hall–Kier alpha value is -1.37. The van der Waals surface area contributed by atoms with Crippen molar-refractivity contribution >= 4 is 5.82 Å². The Balaban J connectivity index is 1.76. The fourth-order valence-electron chi connectivity index (χ4n) is 2.66. The highest BCUT2D eigenvalue weighted by Crippen LogP contribution is 2.22. The molecule has 0 aromatic carbocycles. The van der Waals surface area contributed by atoms with Crippen molar-refractivity contribution < 1.29 is 13.2 Å². The minimum atomic E-state index is -4.10. The number of piperidine rings is 1. The van der Waals surface area contributed by atoms with Crippen molar-refractivity contribution in [3.8, 4) is 0 Å². The second-order valence-corrected chi connectivity index (χ2v) is 5.66. The molecule has 7 heteroatoms. The van der Waals surface area contributed by atoms with Gasteiger partial charge in [-0.1, -0.05) is 0 Å². The lowest BCUT2D eigenvalue weighted by molar-refractivity contribution is -0.148. The predicted molar refractivity (Wildman–Crippen MR) is 75.2 cm³/mol. The summed E-state index contributed by atoms with van der Waals surface area (Å²) in [5, 5.41) is 3.27. The number of aryl methyl sites for hydroxylation is 2. The number of anilines is 1. The summed E-state index contributed by atoms with van der Waals surface area (Å²) in [5.74, 6) is 1.90. The molecule has 0 bridgehead atoms. The van der Waals surface area contributed by atoms with Crippen LogP contribution in [0.15, 0.2) is 6.07 Å². The van der Waals surface area contributed by atoms with E-state index in [4.69, 9.17) is 0 Å². The maximum atomic E-state index is 12.3. The van der Waals surface area contributed by atoms with Crippen LogP contribution in [0.4, 0.5) is 19.0 Å². The lowest BCUT2D eigenvalue weighted by Crippen LogP contribution is -2.41. The summed E-state index contributed by atoms with van der Waals surface area (Å²) < 4.78 is 36.9. The van der Waals surface area contributed by atoms with Crippen LogP contribution in [0.25, 0.3) is 0 Å². The van der Waals surface area contributed by atoms with Crippen molar-refractivity contribution in [2.24, 2.45) is 5.92 Å². The van der Waals surface area contributed by atoms with Crippen molar-refractivity contribution in [2.75, 3.05) is 31.5 Å². The molecule has 0 spiro atoms. The van der Waals surface area contributed by atoms with Gasteiger partial charge in [0.1, 0.15) is 11.6 Å². The van der Waals surface area contributed by atoms with Crippen molar-refractivity contribution in [2.45, 2.75) is 32.9 Å². The number of aromatic nitrogens is 2. The predicted octanol–water partition coefficient (Wildman–Crippen LogP) is 2.78. The molecule has 4 nitrogen and oxygen atoms in total. The number of hydrogen-bond acceptors (Lipinski definition) is 4. The summed E-state index contributed by atoms with van der Waals surface area (Å²) in [6, 6.07) is 1.88. The number of nitrogens with one attached hydrogen (secondary N) is 1. The van der Waals surface area contributed by atoms with Crippen LogP contribution in [0, 0.1) is 19.8 Å². The Bertz CT molecular complexity index is 448. The van der Waals surface area contributed by atoms with Crippen LogP contribution in [-0.2, 0) is 0 Å². The first-order valence-electron chi connectivity index (χ1n) is 7.17. The van der Waals surface area contributed by atoms with Gasteiger partial charge in [0.2, 0.25) is 0 Å². The molecule has 1 saturated heterocycles. The van der Waals surface area contributed by atoms with E-state index in [1.54, 1.807) is 0 Å². The van der Waals surface area contributed by atoms with Gasteiger partial charge in [-0.2, -0.15) is 13.2 Å². The van der Waals surface area contributed by atoms with Gasteiger partial charge in [-0.15, -0.1) is 0 Å². The maximum absolute atomic E-state index is 12.3. The molecule has 0 unspecified atom stereocenters. The van der Waals surface area contributed by atoms with Gasteiger partial charge in [0.05, 0.1) is 6.54 Å². The molecule has 1 aliphatic rings. The second kappa shape index (κ2) is 6.60. The highest BCUT2D eigenvalue weighted by Gasteiger charge is 2.32. The SMILES string of the molecule is Cc1cc(NCC2CCN(CC(F)(F)F)CC2)nc(C)n1. The quantitative estimate of drug-likeness (QED) is 0.928. The van der Waals surface area contributed by atoms with Crippen LogP contribution in [0.3, 0.4) is 0 Å². The van der Waals surface area contributed by atoms with Gasteiger partial charge in [0, 0.05) is 18.3 Å². The van der Waals surface area contributed by atoms with Gasteiger partial charge in [0.25, 0.3) is 0 Å². The Labute approximate surface area is 122 Å². The number of rotatable bonds is 4. The molecule has 1 N–H and O–H groups in total. The van der Waals surface area contributed by atoms with Gasteiger partial charge in [-0.25, -0.2) is 9.97 Å². The molecule has 0 atom stereocenters. The summed E-state index contributed by atoms with van der Waals surface area (Å²) in [7, 11) is 0. The van der Waals surface area contributed by atoms with Crippen molar-refractivity contribution in [1.29, 1.82) is 0 Å². The molecule has 21 heavy (non-hydrogen) atoms. The Kier molecular flexibility index (Phi) is 5.03. The molecule has 1 fully saturated rings. The molecule has 118 valence electrons. The summed E-state index contributed by atoms with van der Waals surface area (Å²) in [6.45, 7) is 4.72. The molecule has 2 heterocycles. The molecule has 2 rings (SSSR count). The topological polar surface area (TPSA) is 41.0 Å². The van der Waals surface area contributed by atoms with Crippen LogP contribution in [0.1, 0.15) is 24.4 Å². The monoisotopic (exact) mass is 302 g/mol. The first-order valence-corrected chi connectivity index (χ1v) is 7.17. The maximum Gasteiger partial charge on any atom is 0.401 e. The highest BCUT2D eigenvalue weighted by molar-refractivity contribution is 5.35.